The first-order valence-electron chi connectivity index (χ1n) is 3.45. The number of anilines is 1. The highest BCUT2D eigenvalue weighted by Crippen LogP contribution is 2.33. The fraction of sp³-hybridized carbons (Fsp3) is 0.143. The van der Waals surface area contributed by atoms with Gasteiger partial charge in [0.15, 0.2) is 0 Å². The molecule has 0 radical (unpaired) electrons. The van der Waals surface area contributed by atoms with E-state index in [0.717, 1.165) is 7.11 Å². The molecule has 14 heavy (non-hydrogen) atoms. The van der Waals surface area contributed by atoms with E-state index in [2.05, 4.69) is 4.74 Å². The molecule has 0 atom stereocenters. The lowest BCUT2D eigenvalue weighted by Crippen LogP contribution is -2.03. The standard InChI is InChI=1S/C7H6F2N2O3/c1-14-4-2-3(8)7(11(12)13)5(9)6(4)10/h2H,10H2,1H3. The molecule has 0 aliphatic heterocycles. The first-order valence-corrected chi connectivity index (χ1v) is 3.45. The molecule has 0 aliphatic rings. The molecule has 0 unspecified atom stereocenters. The number of hydrogen-bond acceptors (Lipinski definition) is 4. The van der Waals surface area contributed by atoms with Crippen LogP contribution in [0, 0.1) is 21.7 Å². The number of hydrogen-bond donors (Lipinski definition) is 1. The van der Waals surface area contributed by atoms with Gasteiger partial charge < -0.3 is 10.5 Å². The van der Waals surface area contributed by atoms with Gasteiger partial charge in [0.05, 0.1) is 12.0 Å². The highest BCUT2D eigenvalue weighted by Gasteiger charge is 2.26. The van der Waals surface area contributed by atoms with Crippen LogP contribution >= 0.6 is 0 Å². The predicted octanol–water partition coefficient (Wildman–Crippen LogP) is 1.46. The van der Waals surface area contributed by atoms with Crippen molar-refractivity contribution < 1.29 is 18.4 Å². The Morgan fingerprint density at radius 3 is 2.57 bits per heavy atom. The van der Waals surface area contributed by atoms with Crippen molar-refractivity contribution in [3.05, 3.63) is 27.8 Å². The van der Waals surface area contributed by atoms with Gasteiger partial charge in [0.1, 0.15) is 11.4 Å². The number of nitro benzene ring substituents is 1. The minimum absolute atomic E-state index is 0.273. The van der Waals surface area contributed by atoms with E-state index in [1.807, 2.05) is 0 Å². The molecule has 7 heteroatoms. The van der Waals surface area contributed by atoms with Gasteiger partial charge in [-0.2, -0.15) is 8.78 Å². The molecular formula is C7H6F2N2O3. The first-order chi connectivity index (χ1) is 6.49. The molecule has 0 saturated heterocycles. The molecular weight excluding hydrogens is 198 g/mol. The maximum Gasteiger partial charge on any atom is 0.342 e. The number of nitro groups is 1. The van der Waals surface area contributed by atoms with E-state index in [-0.39, 0.29) is 5.75 Å². The molecule has 76 valence electrons. The summed E-state index contributed by atoms with van der Waals surface area (Å²) in [5.41, 5.74) is 3.27. The van der Waals surface area contributed by atoms with Gasteiger partial charge in [-0.25, -0.2) is 0 Å². The summed E-state index contributed by atoms with van der Waals surface area (Å²) < 4.78 is 30.5. The highest BCUT2D eigenvalue weighted by molar-refractivity contribution is 5.60. The SMILES string of the molecule is COc1cc(F)c([N+](=O)[O-])c(F)c1N. The van der Waals surface area contributed by atoms with Crippen molar-refractivity contribution in [3.8, 4) is 5.75 Å². The Bertz CT molecular complexity index is 395. The Morgan fingerprint density at radius 2 is 2.14 bits per heavy atom. The molecule has 1 aromatic rings. The van der Waals surface area contributed by atoms with Crippen LogP contribution in [-0.2, 0) is 0 Å². The zero-order valence-corrected chi connectivity index (χ0v) is 7.08. The third-order valence-electron chi connectivity index (χ3n) is 1.60. The Kier molecular flexibility index (Phi) is 2.50. The number of nitrogen functional groups attached to an aromatic ring is 1. The van der Waals surface area contributed by atoms with Crippen LogP contribution in [0.2, 0.25) is 0 Å². The van der Waals surface area contributed by atoms with E-state index in [4.69, 9.17) is 5.73 Å². The van der Waals surface area contributed by atoms with Gasteiger partial charge in [-0.1, -0.05) is 0 Å². The van der Waals surface area contributed by atoms with E-state index in [1.54, 1.807) is 0 Å². The van der Waals surface area contributed by atoms with Crippen LogP contribution in [0.15, 0.2) is 6.07 Å². The Morgan fingerprint density at radius 1 is 1.57 bits per heavy atom. The van der Waals surface area contributed by atoms with Crippen molar-refractivity contribution in [1.82, 2.24) is 0 Å². The van der Waals surface area contributed by atoms with Gasteiger partial charge in [-0.15, -0.1) is 0 Å². The number of benzene rings is 1. The molecule has 0 amide bonds. The van der Waals surface area contributed by atoms with Crippen molar-refractivity contribution in [2.24, 2.45) is 0 Å². The Labute approximate surface area is 77.2 Å². The number of nitrogens with zero attached hydrogens (tertiary/aromatic N) is 1. The predicted molar refractivity (Wildman–Crippen MR) is 44.0 cm³/mol. The van der Waals surface area contributed by atoms with Crippen molar-refractivity contribution in [1.29, 1.82) is 0 Å². The van der Waals surface area contributed by atoms with E-state index < -0.39 is 27.9 Å². The van der Waals surface area contributed by atoms with E-state index in [9.17, 15) is 18.9 Å². The number of ether oxygens (including phenoxy) is 1. The monoisotopic (exact) mass is 204 g/mol. The van der Waals surface area contributed by atoms with Gasteiger partial charge in [-0.3, -0.25) is 10.1 Å². The van der Waals surface area contributed by atoms with Crippen LogP contribution in [0.1, 0.15) is 0 Å². The van der Waals surface area contributed by atoms with Crippen molar-refractivity contribution in [3.63, 3.8) is 0 Å². The molecule has 0 aliphatic carbocycles. The van der Waals surface area contributed by atoms with Crippen LogP contribution in [0.25, 0.3) is 0 Å². The van der Waals surface area contributed by atoms with Crippen molar-refractivity contribution >= 4 is 11.4 Å². The summed E-state index contributed by atoms with van der Waals surface area (Å²) in [5, 5.41) is 10.2. The summed E-state index contributed by atoms with van der Waals surface area (Å²) in [6, 6.07) is 0.663. The second-order valence-corrected chi connectivity index (χ2v) is 2.39. The number of nitrogens with two attached hydrogens (primary N) is 1. The molecule has 0 aromatic heterocycles. The van der Waals surface area contributed by atoms with Crippen LogP contribution in [-0.4, -0.2) is 12.0 Å². The van der Waals surface area contributed by atoms with Crippen LogP contribution in [0.3, 0.4) is 0 Å². The van der Waals surface area contributed by atoms with E-state index in [0.29, 0.717) is 6.07 Å². The largest absolute Gasteiger partial charge is 0.494 e. The summed E-state index contributed by atoms with van der Waals surface area (Å²) in [6.45, 7) is 0. The van der Waals surface area contributed by atoms with Gasteiger partial charge >= 0.3 is 5.69 Å². The number of rotatable bonds is 2. The van der Waals surface area contributed by atoms with Gasteiger partial charge in [0.2, 0.25) is 11.6 Å². The van der Waals surface area contributed by atoms with Crippen LogP contribution in [0.5, 0.6) is 5.75 Å². The lowest BCUT2D eigenvalue weighted by Gasteiger charge is -2.05. The Balaban J connectivity index is 3.49. The average molecular weight is 204 g/mol. The third-order valence-corrected chi connectivity index (χ3v) is 1.60. The minimum atomic E-state index is -1.42. The molecule has 1 aromatic carbocycles. The lowest BCUT2D eigenvalue weighted by atomic mass is 10.2. The normalized spacial score (nSPS) is 9.93. The second-order valence-electron chi connectivity index (χ2n) is 2.39. The maximum absolute atomic E-state index is 13.1. The number of methoxy groups -OCH3 is 1. The number of halogens is 2. The smallest absolute Gasteiger partial charge is 0.342 e. The van der Waals surface area contributed by atoms with Gasteiger partial charge in [0, 0.05) is 6.07 Å². The topological polar surface area (TPSA) is 78.4 Å². The van der Waals surface area contributed by atoms with E-state index >= 15 is 0 Å². The zero-order valence-electron chi connectivity index (χ0n) is 7.08. The van der Waals surface area contributed by atoms with Crippen molar-refractivity contribution in [2.45, 2.75) is 0 Å². The maximum atomic E-state index is 13.1. The van der Waals surface area contributed by atoms with Crippen LogP contribution < -0.4 is 10.5 Å². The summed E-state index contributed by atoms with van der Waals surface area (Å²) in [5.74, 6) is -3.02. The Hall–Kier alpha value is -1.92. The molecule has 0 spiro atoms. The summed E-state index contributed by atoms with van der Waals surface area (Å²) in [6.07, 6.45) is 0. The highest BCUT2D eigenvalue weighted by atomic mass is 19.1. The van der Waals surface area contributed by atoms with E-state index in [1.165, 1.54) is 0 Å². The summed E-state index contributed by atoms with van der Waals surface area (Å²) >= 11 is 0. The summed E-state index contributed by atoms with van der Waals surface area (Å²) in [4.78, 5) is 9.04. The molecule has 0 bridgehead atoms. The molecule has 0 fully saturated rings. The quantitative estimate of drug-likeness (QED) is 0.449. The first kappa shape index (κ1) is 10.2. The summed E-state index contributed by atoms with van der Waals surface area (Å²) in [7, 11) is 1.15. The fourth-order valence-electron chi connectivity index (χ4n) is 0.938. The minimum Gasteiger partial charge on any atom is -0.494 e. The molecule has 1 rings (SSSR count). The fourth-order valence-corrected chi connectivity index (χ4v) is 0.938. The molecule has 0 heterocycles. The average Bonchev–Trinajstić information content (AvgIpc) is 2.10. The third kappa shape index (κ3) is 1.43. The van der Waals surface area contributed by atoms with Gasteiger partial charge in [0.25, 0.3) is 0 Å². The molecule has 5 nitrogen and oxygen atoms in total. The molecule has 2 N–H and O–H groups in total. The van der Waals surface area contributed by atoms with Gasteiger partial charge in [-0.05, 0) is 0 Å². The molecule has 0 saturated carbocycles. The second kappa shape index (κ2) is 3.44. The lowest BCUT2D eigenvalue weighted by molar-refractivity contribution is -0.390. The zero-order chi connectivity index (χ0) is 10.9. The van der Waals surface area contributed by atoms with Crippen LogP contribution in [0.4, 0.5) is 20.2 Å². The van der Waals surface area contributed by atoms with Crippen molar-refractivity contribution in [2.75, 3.05) is 12.8 Å².